The summed E-state index contributed by atoms with van der Waals surface area (Å²) in [5, 5.41) is 15.7. The quantitative estimate of drug-likeness (QED) is 0.584. The zero-order valence-electron chi connectivity index (χ0n) is 13.9. The predicted octanol–water partition coefficient (Wildman–Crippen LogP) is 1.12. The molecule has 0 aromatic carbocycles. The number of hydrogen-bond donors (Lipinski definition) is 3. The van der Waals surface area contributed by atoms with Crippen molar-refractivity contribution in [1.29, 1.82) is 0 Å². The second-order valence-corrected chi connectivity index (χ2v) is 6.06. The maximum atomic E-state index is 12.1. The molecule has 2 unspecified atom stereocenters. The van der Waals surface area contributed by atoms with Crippen LogP contribution in [0.5, 0.6) is 0 Å². The largest absolute Gasteiger partial charge is 0.465 e. The molecule has 0 aromatic heterocycles. The predicted molar refractivity (Wildman–Crippen MR) is 84.3 cm³/mol. The van der Waals surface area contributed by atoms with E-state index in [2.05, 4.69) is 10.6 Å². The Morgan fingerprint density at radius 3 is 2.41 bits per heavy atom. The number of nitrogens with one attached hydrogen (secondary N) is 2. The molecular formula is C16H30N2O4. The fraction of sp³-hybridized carbons (Fsp3) is 0.875. The standard InChI is InChI=1S/C16H30N2O4/c1-4-11(3)17-15(20)10-14(16(21)22-5-2)18-12-6-8-13(19)9-7-12/h11-14,18-19H,4-10H2,1-3H3,(H,17,20). The molecule has 1 aliphatic carbocycles. The van der Waals surface area contributed by atoms with Gasteiger partial charge < -0.3 is 20.5 Å². The van der Waals surface area contributed by atoms with Crippen LogP contribution < -0.4 is 10.6 Å². The summed E-state index contributed by atoms with van der Waals surface area (Å²) in [5.41, 5.74) is 0. The molecule has 1 saturated carbocycles. The van der Waals surface area contributed by atoms with Crippen molar-refractivity contribution in [3.63, 3.8) is 0 Å². The van der Waals surface area contributed by atoms with E-state index in [4.69, 9.17) is 4.74 Å². The first kappa shape index (κ1) is 18.9. The van der Waals surface area contributed by atoms with Crippen LogP contribution in [0.1, 0.15) is 59.3 Å². The second kappa shape index (κ2) is 9.79. The van der Waals surface area contributed by atoms with E-state index < -0.39 is 6.04 Å². The fourth-order valence-electron chi connectivity index (χ4n) is 2.60. The molecule has 3 N–H and O–H groups in total. The number of amides is 1. The summed E-state index contributed by atoms with van der Waals surface area (Å²) in [6.07, 6.45) is 3.77. The number of carbonyl (C=O) groups excluding carboxylic acids is 2. The molecule has 0 aliphatic heterocycles. The Labute approximate surface area is 133 Å². The van der Waals surface area contributed by atoms with Gasteiger partial charge in [0, 0.05) is 12.1 Å². The van der Waals surface area contributed by atoms with E-state index in [1.54, 1.807) is 6.92 Å². The molecule has 0 bridgehead atoms. The number of carbonyl (C=O) groups is 2. The van der Waals surface area contributed by atoms with E-state index in [-0.39, 0.29) is 36.5 Å². The third-order valence-corrected chi connectivity index (χ3v) is 4.11. The van der Waals surface area contributed by atoms with Gasteiger partial charge in [-0.3, -0.25) is 9.59 Å². The Bertz CT molecular complexity index is 354. The molecule has 2 atom stereocenters. The zero-order chi connectivity index (χ0) is 16.5. The molecule has 6 heteroatoms. The van der Waals surface area contributed by atoms with Gasteiger partial charge in [0.1, 0.15) is 6.04 Å². The summed E-state index contributed by atoms with van der Waals surface area (Å²) in [7, 11) is 0. The van der Waals surface area contributed by atoms with E-state index in [9.17, 15) is 14.7 Å². The highest BCUT2D eigenvalue weighted by Gasteiger charge is 2.28. The summed E-state index contributed by atoms with van der Waals surface area (Å²) in [4.78, 5) is 24.1. The summed E-state index contributed by atoms with van der Waals surface area (Å²) in [6.45, 7) is 5.99. The normalized spacial score (nSPS) is 24.4. The number of aliphatic hydroxyl groups excluding tert-OH is 1. The lowest BCUT2D eigenvalue weighted by atomic mass is 9.92. The van der Waals surface area contributed by atoms with E-state index in [0.717, 1.165) is 32.1 Å². The molecule has 0 saturated heterocycles. The van der Waals surface area contributed by atoms with E-state index in [1.807, 2.05) is 13.8 Å². The van der Waals surface area contributed by atoms with Gasteiger partial charge in [-0.25, -0.2) is 0 Å². The van der Waals surface area contributed by atoms with Crippen LogP contribution in [0.4, 0.5) is 0 Å². The van der Waals surface area contributed by atoms with Crippen LogP contribution in [-0.4, -0.2) is 47.8 Å². The molecule has 1 fully saturated rings. The average Bonchev–Trinajstić information content (AvgIpc) is 2.48. The van der Waals surface area contributed by atoms with Crippen molar-refractivity contribution in [3.05, 3.63) is 0 Å². The van der Waals surface area contributed by atoms with Gasteiger partial charge in [-0.15, -0.1) is 0 Å². The van der Waals surface area contributed by atoms with Crippen molar-refractivity contribution < 1.29 is 19.4 Å². The third-order valence-electron chi connectivity index (χ3n) is 4.11. The van der Waals surface area contributed by atoms with Gasteiger partial charge in [0.25, 0.3) is 0 Å². The molecule has 0 radical (unpaired) electrons. The lowest BCUT2D eigenvalue weighted by Crippen LogP contribution is -2.48. The molecule has 22 heavy (non-hydrogen) atoms. The maximum absolute atomic E-state index is 12.1. The minimum Gasteiger partial charge on any atom is -0.465 e. The average molecular weight is 314 g/mol. The third kappa shape index (κ3) is 6.75. The van der Waals surface area contributed by atoms with Crippen LogP contribution in [0.15, 0.2) is 0 Å². The van der Waals surface area contributed by atoms with Gasteiger partial charge in [-0.1, -0.05) is 6.92 Å². The summed E-state index contributed by atoms with van der Waals surface area (Å²) < 4.78 is 5.07. The molecule has 6 nitrogen and oxygen atoms in total. The first-order chi connectivity index (χ1) is 10.5. The maximum Gasteiger partial charge on any atom is 0.323 e. The topological polar surface area (TPSA) is 87.7 Å². The Balaban J connectivity index is 2.55. The smallest absolute Gasteiger partial charge is 0.323 e. The number of hydrogen-bond acceptors (Lipinski definition) is 5. The van der Waals surface area contributed by atoms with E-state index in [1.165, 1.54) is 0 Å². The van der Waals surface area contributed by atoms with Crippen LogP contribution in [0, 0.1) is 0 Å². The summed E-state index contributed by atoms with van der Waals surface area (Å²) in [6, 6.07) is -0.376. The first-order valence-electron chi connectivity index (χ1n) is 8.36. The summed E-state index contributed by atoms with van der Waals surface area (Å²) >= 11 is 0. The first-order valence-corrected chi connectivity index (χ1v) is 8.36. The van der Waals surface area contributed by atoms with Crippen LogP contribution in [0.25, 0.3) is 0 Å². The van der Waals surface area contributed by atoms with Crippen LogP contribution in [-0.2, 0) is 14.3 Å². The van der Waals surface area contributed by atoms with Gasteiger partial charge >= 0.3 is 5.97 Å². The number of ether oxygens (including phenoxy) is 1. The zero-order valence-corrected chi connectivity index (χ0v) is 13.9. The lowest BCUT2D eigenvalue weighted by molar-refractivity contribution is -0.147. The van der Waals surface area contributed by atoms with Crippen LogP contribution in [0.2, 0.25) is 0 Å². The van der Waals surface area contributed by atoms with Crippen molar-refractivity contribution >= 4 is 11.9 Å². The Morgan fingerprint density at radius 1 is 1.23 bits per heavy atom. The van der Waals surface area contributed by atoms with Crippen LogP contribution in [0.3, 0.4) is 0 Å². The van der Waals surface area contributed by atoms with Gasteiger partial charge in [0.05, 0.1) is 19.1 Å². The lowest BCUT2D eigenvalue weighted by Gasteiger charge is -2.29. The Morgan fingerprint density at radius 2 is 1.86 bits per heavy atom. The van der Waals surface area contributed by atoms with Crippen LogP contribution >= 0.6 is 0 Å². The fourth-order valence-corrected chi connectivity index (χ4v) is 2.60. The minimum absolute atomic E-state index is 0.0855. The van der Waals surface area contributed by atoms with Crippen molar-refractivity contribution in [3.8, 4) is 0 Å². The van der Waals surface area contributed by atoms with Crippen molar-refractivity contribution in [2.75, 3.05) is 6.61 Å². The molecule has 1 rings (SSSR count). The van der Waals surface area contributed by atoms with Gasteiger partial charge in [-0.05, 0) is 46.0 Å². The monoisotopic (exact) mass is 314 g/mol. The number of aliphatic hydroxyl groups is 1. The van der Waals surface area contributed by atoms with Crippen molar-refractivity contribution in [2.45, 2.75) is 83.5 Å². The molecule has 0 spiro atoms. The molecule has 0 aromatic rings. The molecular weight excluding hydrogens is 284 g/mol. The molecule has 1 aliphatic rings. The number of esters is 1. The highest BCUT2D eigenvalue weighted by atomic mass is 16.5. The van der Waals surface area contributed by atoms with Gasteiger partial charge in [0.2, 0.25) is 5.91 Å². The highest BCUT2D eigenvalue weighted by molar-refractivity contribution is 5.85. The van der Waals surface area contributed by atoms with Crippen molar-refractivity contribution in [2.24, 2.45) is 0 Å². The highest BCUT2D eigenvalue weighted by Crippen LogP contribution is 2.19. The second-order valence-electron chi connectivity index (χ2n) is 6.06. The van der Waals surface area contributed by atoms with E-state index in [0.29, 0.717) is 6.61 Å². The van der Waals surface area contributed by atoms with Crippen molar-refractivity contribution in [1.82, 2.24) is 10.6 Å². The van der Waals surface area contributed by atoms with Gasteiger partial charge in [-0.2, -0.15) is 0 Å². The summed E-state index contributed by atoms with van der Waals surface area (Å²) in [5.74, 6) is -0.524. The molecule has 128 valence electrons. The SMILES string of the molecule is CCOC(=O)C(CC(=O)NC(C)CC)NC1CCC(O)CC1. The number of rotatable bonds is 8. The molecule has 1 amide bonds. The Hall–Kier alpha value is -1.14. The van der Waals surface area contributed by atoms with E-state index >= 15 is 0 Å². The molecule has 0 heterocycles. The minimum atomic E-state index is -0.621. The Kier molecular flexibility index (Phi) is 8.42. The van der Waals surface area contributed by atoms with Gasteiger partial charge in [0.15, 0.2) is 0 Å².